The van der Waals surface area contributed by atoms with E-state index < -0.39 is 33.9 Å². The van der Waals surface area contributed by atoms with Crippen molar-refractivity contribution in [3.8, 4) is 0 Å². The van der Waals surface area contributed by atoms with Crippen LogP contribution in [-0.2, 0) is 27.4 Å². The minimum Gasteiger partial charge on any atom is -0.352 e. The number of carbonyl (C=O) groups is 1. The standard InChI is InChI=1S/C21H23F3N8O3S/c1-3-36(34,35)31(2)20-25-7-4-8-32(20)12-27-18-15(21(22,23)24)11-26-19(30-18)28-14-5-6-16-13(9-14)10-17(33)29-16/h4-9,11,20H,3,10,12H2,1-2H3,(H,29,33)(H2,26,27,28,30). The van der Waals surface area contributed by atoms with Crippen molar-refractivity contribution in [1.29, 1.82) is 0 Å². The van der Waals surface area contributed by atoms with Gasteiger partial charge in [-0.25, -0.2) is 13.4 Å². The highest BCUT2D eigenvalue weighted by Gasteiger charge is 2.36. The normalized spacial score (nSPS) is 17.3. The summed E-state index contributed by atoms with van der Waals surface area (Å²) in [6.45, 7) is 1.26. The molecule has 2 aliphatic heterocycles. The first-order valence-corrected chi connectivity index (χ1v) is 12.4. The largest absolute Gasteiger partial charge is 0.421 e. The van der Waals surface area contributed by atoms with Gasteiger partial charge in [-0.1, -0.05) is 0 Å². The van der Waals surface area contributed by atoms with Gasteiger partial charge in [0.05, 0.1) is 18.8 Å². The van der Waals surface area contributed by atoms with Crippen LogP contribution in [0.25, 0.3) is 0 Å². The van der Waals surface area contributed by atoms with Gasteiger partial charge in [-0.15, -0.1) is 0 Å². The summed E-state index contributed by atoms with van der Waals surface area (Å²) >= 11 is 0. The fourth-order valence-electron chi connectivity index (χ4n) is 3.61. The van der Waals surface area contributed by atoms with E-state index in [1.807, 2.05) is 0 Å². The summed E-state index contributed by atoms with van der Waals surface area (Å²) in [5, 5.41) is 8.18. The lowest BCUT2D eigenvalue weighted by atomic mass is 10.1. The van der Waals surface area contributed by atoms with Gasteiger partial charge < -0.3 is 20.9 Å². The number of nitrogens with zero attached hydrogens (tertiary/aromatic N) is 5. The van der Waals surface area contributed by atoms with Crippen molar-refractivity contribution in [2.75, 3.05) is 35.4 Å². The number of aliphatic imine (C=N–C) groups is 1. The van der Waals surface area contributed by atoms with Gasteiger partial charge in [-0.05, 0) is 36.8 Å². The molecule has 0 fully saturated rings. The molecule has 1 unspecified atom stereocenters. The molecule has 15 heteroatoms. The van der Waals surface area contributed by atoms with Gasteiger partial charge in [0.1, 0.15) is 11.4 Å². The SMILES string of the molecule is CCS(=O)(=O)N(C)C1N=CC=CN1CNc1nc(Nc2ccc3c(c2)CC(=O)N3)ncc1C(F)(F)F. The first kappa shape index (κ1) is 25.4. The van der Waals surface area contributed by atoms with Crippen LogP contribution in [0.4, 0.5) is 36.3 Å². The van der Waals surface area contributed by atoms with E-state index in [-0.39, 0.29) is 30.7 Å². The summed E-state index contributed by atoms with van der Waals surface area (Å²) in [6.07, 6.45) is -0.403. The van der Waals surface area contributed by atoms with Crippen LogP contribution in [0.3, 0.4) is 0 Å². The zero-order chi connectivity index (χ0) is 26.1. The fraction of sp³-hybridized carbons (Fsp3) is 0.333. The molecule has 4 rings (SSSR count). The molecule has 0 bridgehead atoms. The number of rotatable bonds is 8. The Balaban J connectivity index is 1.56. The summed E-state index contributed by atoms with van der Waals surface area (Å²) < 4.78 is 66.6. The van der Waals surface area contributed by atoms with Crippen LogP contribution < -0.4 is 16.0 Å². The lowest BCUT2D eigenvalue weighted by Crippen LogP contribution is -2.48. The number of hydrogen-bond donors (Lipinski definition) is 3. The van der Waals surface area contributed by atoms with Gasteiger partial charge in [0.25, 0.3) is 0 Å². The Morgan fingerprint density at radius 2 is 2.08 bits per heavy atom. The van der Waals surface area contributed by atoms with Crippen molar-refractivity contribution in [1.82, 2.24) is 19.2 Å². The van der Waals surface area contributed by atoms with Gasteiger partial charge >= 0.3 is 6.18 Å². The number of alkyl halides is 3. The minimum absolute atomic E-state index is 0.0998. The quantitative estimate of drug-likeness (QED) is 0.480. The predicted octanol–water partition coefficient (Wildman–Crippen LogP) is 2.57. The van der Waals surface area contributed by atoms with Crippen molar-refractivity contribution in [3.05, 3.63) is 47.8 Å². The molecule has 0 aliphatic carbocycles. The molecule has 0 saturated carbocycles. The third kappa shape index (κ3) is 5.41. The Morgan fingerprint density at radius 3 is 2.81 bits per heavy atom. The van der Waals surface area contributed by atoms with E-state index in [4.69, 9.17) is 0 Å². The Kier molecular flexibility index (Phi) is 6.86. The highest BCUT2D eigenvalue weighted by molar-refractivity contribution is 7.89. The Labute approximate surface area is 205 Å². The fourth-order valence-corrected chi connectivity index (χ4v) is 4.48. The molecule has 2 aliphatic rings. The van der Waals surface area contributed by atoms with Gasteiger partial charge in [-0.3, -0.25) is 9.79 Å². The van der Waals surface area contributed by atoms with Crippen LogP contribution in [0.15, 0.2) is 41.7 Å². The number of sulfonamides is 1. The van der Waals surface area contributed by atoms with Gasteiger partial charge in [0.15, 0.2) is 6.29 Å². The highest BCUT2D eigenvalue weighted by Crippen LogP contribution is 2.34. The highest BCUT2D eigenvalue weighted by atomic mass is 32.2. The van der Waals surface area contributed by atoms with E-state index in [2.05, 4.69) is 30.9 Å². The van der Waals surface area contributed by atoms with Crippen LogP contribution in [0.1, 0.15) is 18.1 Å². The van der Waals surface area contributed by atoms with E-state index in [9.17, 15) is 26.4 Å². The van der Waals surface area contributed by atoms with Gasteiger partial charge in [0, 0.05) is 37.0 Å². The number of hydrogen-bond acceptors (Lipinski definition) is 9. The van der Waals surface area contributed by atoms with Crippen molar-refractivity contribution >= 4 is 45.3 Å². The lowest BCUT2D eigenvalue weighted by molar-refractivity contribution is -0.137. The van der Waals surface area contributed by atoms with E-state index in [0.717, 1.165) is 9.87 Å². The van der Waals surface area contributed by atoms with Crippen LogP contribution in [0, 0.1) is 0 Å². The molecule has 3 heterocycles. The van der Waals surface area contributed by atoms with E-state index in [0.29, 0.717) is 17.6 Å². The van der Waals surface area contributed by atoms with Crippen molar-refractivity contribution in [2.24, 2.45) is 4.99 Å². The molecule has 1 atom stereocenters. The van der Waals surface area contributed by atoms with Gasteiger partial charge in [0.2, 0.25) is 21.9 Å². The van der Waals surface area contributed by atoms with Crippen molar-refractivity contribution < 1.29 is 26.4 Å². The second-order valence-corrected chi connectivity index (χ2v) is 10.2. The molecule has 2 aromatic rings. The first-order chi connectivity index (χ1) is 17.0. The predicted molar refractivity (Wildman–Crippen MR) is 128 cm³/mol. The molecule has 0 saturated heterocycles. The third-order valence-electron chi connectivity index (χ3n) is 5.52. The summed E-state index contributed by atoms with van der Waals surface area (Å²) in [5.41, 5.74) is 0.816. The average molecular weight is 525 g/mol. The second kappa shape index (κ2) is 9.73. The summed E-state index contributed by atoms with van der Waals surface area (Å²) in [7, 11) is -2.27. The van der Waals surface area contributed by atoms with E-state index in [1.165, 1.54) is 37.4 Å². The molecule has 0 spiro atoms. The smallest absolute Gasteiger partial charge is 0.352 e. The molecule has 1 amide bonds. The maximum absolute atomic E-state index is 13.6. The van der Waals surface area contributed by atoms with Crippen LogP contribution in [-0.4, -0.2) is 65.5 Å². The average Bonchev–Trinajstić information content (AvgIpc) is 3.21. The summed E-state index contributed by atoms with van der Waals surface area (Å²) in [5.74, 6) is -0.906. The van der Waals surface area contributed by atoms with E-state index >= 15 is 0 Å². The number of amides is 1. The number of benzene rings is 1. The van der Waals surface area contributed by atoms with Crippen molar-refractivity contribution in [2.45, 2.75) is 25.8 Å². The zero-order valence-corrected chi connectivity index (χ0v) is 20.1. The first-order valence-electron chi connectivity index (χ1n) is 10.8. The van der Waals surface area contributed by atoms with Crippen LogP contribution in [0.2, 0.25) is 0 Å². The van der Waals surface area contributed by atoms with E-state index in [1.54, 1.807) is 18.2 Å². The Bertz CT molecular complexity index is 1330. The maximum atomic E-state index is 13.6. The zero-order valence-electron chi connectivity index (χ0n) is 19.2. The number of nitrogens with one attached hydrogen (secondary N) is 3. The molecule has 192 valence electrons. The van der Waals surface area contributed by atoms with Crippen molar-refractivity contribution in [3.63, 3.8) is 0 Å². The van der Waals surface area contributed by atoms with Crippen LogP contribution >= 0.6 is 0 Å². The number of fused-ring (bicyclic) bond motifs is 1. The summed E-state index contributed by atoms with van der Waals surface area (Å²) in [6, 6.07) is 5.01. The molecule has 1 aromatic carbocycles. The Morgan fingerprint density at radius 1 is 1.31 bits per heavy atom. The Hall–Kier alpha value is -3.72. The number of allylic oxidation sites excluding steroid dienone is 1. The molecule has 3 N–H and O–H groups in total. The lowest BCUT2D eigenvalue weighted by Gasteiger charge is -2.35. The number of halogens is 3. The second-order valence-electron chi connectivity index (χ2n) is 7.93. The molecule has 1 aromatic heterocycles. The molecule has 36 heavy (non-hydrogen) atoms. The van der Waals surface area contributed by atoms with Gasteiger partial charge in [-0.2, -0.15) is 22.5 Å². The topological polar surface area (TPSA) is 132 Å². The minimum atomic E-state index is -4.74. The molecular formula is C21H23F3N8O3S. The molecular weight excluding hydrogens is 501 g/mol. The van der Waals surface area contributed by atoms with Crippen LogP contribution in [0.5, 0.6) is 0 Å². The summed E-state index contributed by atoms with van der Waals surface area (Å²) in [4.78, 5) is 24.9. The number of carbonyl (C=O) groups excluding carboxylic acids is 1. The maximum Gasteiger partial charge on any atom is 0.421 e. The molecule has 0 radical (unpaired) electrons. The number of anilines is 4. The third-order valence-corrected chi connectivity index (χ3v) is 7.31. The number of aromatic nitrogens is 2. The monoisotopic (exact) mass is 524 g/mol. The molecule has 11 nitrogen and oxygen atoms in total.